The maximum atomic E-state index is 8.38. The first-order valence-corrected chi connectivity index (χ1v) is 2.14. The highest BCUT2D eigenvalue weighted by Gasteiger charge is 2.32. The first-order valence-electron chi connectivity index (χ1n) is 2.14. The van der Waals surface area contributed by atoms with Crippen LogP contribution in [0.25, 0.3) is 0 Å². The van der Waals surface area contributed by atoms with Crippen molar-refractivity contribution in [3.05, 3.63) is 0 Å². The second-order valence-electron chi connectivity index (χ2n) is 1.59. The molecule has 0 aromatic heterocycles. The highest BCUT2D eigenvalue weighted by Crippen LogP contribution is 2.01. The summed E-state index contributed by atoms with van der Waals surface area (Å²) in [5.74, 6) is -3.11. The second kappa shape index (κ2) is 3.18. The van der Waals surface area contributed by atoms with Gasteiger partial charge in [-0.05, 0) is 5.23 Å². The van der Waals surface area contributed by atoms with Gasteiger partial charge in [-0.25, -0.2) is 0 Å². The average Bonchev–Trinajstić information content (AvgIpc) is 1.60. The Balaban J connectivity index is 3.87. The van der Waals surface area contributed by atoms with Crippen LogP contribution in [0, 0.1) is 0 Å². The van der Waals surface area contributed by atoms with Crippen LogP contribution in [-0.2, 0) is 0 Å². The third-order valence-electron chi connectivity index (χ3n) is 0.674. The van der Waals surface area contributed by atoms with Crippen LogP contribution in [0.5, 0.6) is 0 Å². The summed E-state index contributed by atoms with van der Waals surface area (Å²) in [5.41, 5.74) is 0. The Kier molecular flexibility index (Phi) is 3.08. The molecule has 0 aliphatic carbocycles. The van der Waals surface area contributed by atoms with Crippen molar-refractivity contribution in [2.24, 2.45) is 0 Å². The van der Waals surface area contributed by atoms with Gasteiger partial charge in [-0.3, -0.25) is 20.8 Å². The molecule has 8 nitrogen and oxygen atoms in total. The van der Waals surface area contributed by atoms with E-state index >= 15 is 0 Å². The van der Waals surface area contributed by atoms with Gasteiger partial charge in [0.15, 0.2) is 0 Å². The standard InChI is InChI=1S/C2H8N2O6/c5-2(6,4(9)10)1-3(7)8/h5-10H,1H2. The zero-order chi connectivity index (χ0) is 8.36. The van der Waals surface area contributed by atoms with Crippen molar-refractivity contribution in [2.45, 2.75) is 5.91 Å². The average molecular weight is 156 g/mol. The molecule has 0 amide bonds. The van der Waals surface area contributed by atoms with E-state index in [2.05, 4.69) is 0 Å². The number of hydrogen-bond acceptors (Lipinski definition) is 8. The van der Waals surface area contributed by atoms with Crippen molar-refractivity contribution in [1.82, 2.24) is 10.5 Å². The summed E-state index contributed by atoms with van der Waals surface area (Å²) in [5, 5.41) is 47.0. The largest absolute Gasteiger partial charge is 0.349 e. The molecule has 0 aliphatic heterocycles. The lowest BCUT2D eigenvalue weighted by atomic mass is 10.5. The lowest BCUT2D eigenvalue weighted by Crippen LogP contribution is -2.52. The van der Waals surface area contributed by atoms with Gasteiger partial charge >= 0.3 is 0 Å². The second-order valence-corrected chi connectivity index (χ2v) is 1.59. The van der Waals surface area contributed by atoms with Crippen molar-refractivity contribution in [3.8, 4) is 0 Å². The molecule has 0 saturated heterocycles. The van der Waals surface area contributed by atoms with Gasteiger partial charge in [0.2, 0.25) is 0 Å². The van der Waals surface area contributed by atoms with Crippen LogP contribution in [0.1, 0.15) is 0 Å². The summed E-state index contributed by atoms with van der Waals surface area (Å²) >= 11 is 0. The molecule has 0 unspecified atom stereocenters. The summed E-state index contributed by atoms with van der Waals surface area (Å²) in [7, 11) is 0. The molecule has 6 N–H and O–H groups in total. The fourth-order valence-corrected chi connectivity index (χ4v) is 0.253. The van der Waals surface area contributed by atoms with Crippen molar-refractivity contribution in [2.75, 3.05) is 6.54 Å². The maximum Gasteiger partial charge on any atom is 0.290 e. The molecule has 0 fully saturated rings. The van der Waals surface area contributed by atoms with Crippen LogP contribution < -0.4 is 0 Å². The van der Waals surface area contributed by atoms with Gasteiger partial charge in [-0.2, -0.15) is 0 Å². The molecule has 0 spiro atoms. The summed E-state index contributed by atoms with van der Waals surface area (Å²) in [4.78, 5) is 0. The molecule has 0 radical (unpaired) electrons. The molecule has 0 aliphatic rings. The minimum Gasteiger partial charge on any atom is -0.349 e. The smallest absolute Gasteiger partial charge is 0.290 e. The van der Waals surface area contributed by atoms with Crippen LogP contribution in [0.2, 0.25) is 0 Å². The number of nitrogens with zero attached hydrogens (tertiary/aromatic N) is 2. The molecule has 0 saturated carbocycles. The van der Waals surface area contributed by atoms with Crippen molar-refractivity contribution < 1.29 is 31.0 Å². The number of hydroxylamine groups is 4. The molecule has 0 aromatic rings. The number of hydrogen-bond donors (Lipinski definition) is 6. The zero-order valence-electron chi connectivity index (χ0n) is 4.78. The van der Waals surface area contributed by atoms with E-state index in [0.29, 0.717) is 0 Å². The number of aliphatic hydroxyl groups is 2. The van der Waals surface area contributed by atoms with Gasteiger partial charge in [-0.15, -0.1) is 0 Å². The summed E-state index contributed by atoms with van der Waals surface area (Å²) in [6, 6.07) is 0. The van der Waals surface area contributed by atoms with Gasteiger partial charge < -0.3 is 10.2 Å². The van der Waals surface area contributed by atoms with E-state index in [4.69, 9.17) is 31.0 Å². The first-order chi connectivity index (χ1) is 4.36. The highest BCUT2D eigenvalue weighted by molar-refractivity contribution is 4.52. The third-order valence-corrected chi connectivity index (χ3v) is 0.674. The predicted octanol–water partition coefficient (Wildman–Crippen LogP) is -2.21. The predicted molar refractivity (Wildman–Crippen MR) is 22.9 cm³/mol. The van der Waals surface area contributed by atoms with E-state index in [1.165, 1.54) is 0 Å². The van der Waals surface area contributed by atoms with Crippen LogP contribution in [0.15, 0.2) is 0 Å². The Hall–Kier alpha value is -0.320. The molecular weight excluding hydrogens is 148 g/mol. The monoisotopic (exact) mass is 156 g/mol. The van der Waals surface area contributed by atoms with E-state index < -0.39 is 22.9 Å². The lowest BCUT2D eigenvalue weighted by molar-refractivity contribution is -0.495. The van der Waals surface area contributed by atoms with Crippen LogP contribution in [0.4, 0.5) is 0 Å². The Morgan fingerprint density at radius 2 is 1.40 bits per heavy atom. The van der Waals surface area contributed by atoms with Gasteiger partial charge in [-0.1, -0.05) is 5.23 Å². The molecule has 10 heavy (non-hydrogen) atoms. The SMILES string of the molecule is ON(O)CC(O)(O)N(O)O. The normalized spacial score (nSPS) is 13.2. The molecule has 0 rings (SSSR count). The third kappa shape index (κ3) is 3.00. The summed E-state index contributed by atoms with van der Waals surface area (Å²) in [6.07, 6.45) is 0. The van der Waals surface area contributed by atoms with Gasteiger partial charge in [0.1, 0.15) is 6.54 Å². The molecule has 0 atom stereocenters. The highest BCUT2D eigenvalue weighted by atomic mass is 16.9. The first kappa shape index (κ1) is 9.68. The van der Waals surface area contributed by atoms with Gasteiger partial charge in [0, 0.05) is 0 Å². The molecular formula is C2H8N2O6. The Labute approximate surface area is 55.2 Å². The van der Waals surface area contributed by atoms with Crippen LogP contribution in [-0.4, -0.2) is 54.0 Å². The minimum absolute atomic E-state index is 0.612. The minimum atomic E-state index is -3.11. The molecule has 62 valence electrons. The van der Waals surface area contributed by atoms with Crippen molar-refractivity contribution in [3.63, 3.8) is 0 Å². The van der Waals surface area contributed by atoms with E-state index in [1.54, 1.807) is 0 Å². The summed E-state index contributed by atoms with van der Waals surface area (Å²) in [6.45, 7) is -1.18. The molecule has 0 bridgehead atoms. The van der Waals surface area contributed by atoms with E-state index in [-0.39, 0.29) is 0 Å². The fraction of sp³-hybridized carbons (Fsp3) is 1.00. The fourth-order valence-electron chi connectivity index (χ4n) is 0.253. The summed E-state index contributed by atoms with van der Waals surface area (Å²) < 4.78 is 0. The van der Waals surface area contributed by atoms with Crippen LogP contribution in [0.3, 0.4) is 0 Å². The lowest BCUT2D eigenvalue weighted by Gasteiger charge is -2.25. The topological polar surface area (TPSA) is 128 Å². The van der Waals surface area contributed by atoms with Crippen molar-refractivity contribution >= 4 is 0 Å². The quantitative estimate of drug-likeness (QED) is 0.200. The van der Waals surface area contributed by atoms with E-state index in [0.717, 1.165) is 0 Å². The van der Waals surface area contributed by atoms with Crippen molar-refractivity contribution in [1.29, 1.82) is 0 Å². The zero-order valence-corrected chi connectivity index (χ0v) is 4.78. The number of rotatable bonds is 3. The van der Waals surface area contributed by atoms with E-state index in [9.17, 15) is 0 Å². The maximum absolute atomic E-state index is 8.38. The molecule has 0 heterocycles. The molecule has 8 heteroatoms. The Morgan fingerprint density at radius 3 is 1.50 bits per heavy atom. The van der Waals surface area contributed by atoms with E-state index in [1.807, 2.05) is 0 Å². The van der Waals surface area contributed by atoms with Crippen LogP contribution >= 0.6 is 0 Å². The molecule has 0 aromatic carbocycles. The Morgan fingerprint density at radius 1 is 1.00 bits per heavy atom. The van der Waals surface area contributed by atoms with Gasteiger partial charge in [0.25, 0.3) is 5.91 Å². The van der Waals surface area contributed by atoms with Gasteiger partial charge in [0.05, 0.1) is 0 Å². The Bertz CT molecular complexity index is 102.